The minimum absolute atomic E-state index is 0.0312. The summed E-state index contributed by atoms with van der Waals surface area (Å²) in [6.45, 7) is 4.28. The molecule has 0 saturated heterocycles. The first-order chi connectivity index (χ1) is 17.7. The molecule has 0 aromatic heterocycles. The second-order valence-electron chi connectivity index (χ2n) is 9.43. The van der Waals surface area contributed by atoms with E-state index in [0.29, 0.717) is 17.1 Å². The Morgan fingerprint density at radius 3 is 1.92 bits per heavy atom. The van der Waals surface area contributed by atoms with Crippen LogP contribution in [0.4, 0.5) is 0 Å². The fourth-order valence-corrected chi connectivity index (χ4v) is 5.03. The number of para-hydroxylation sites is 1. The minimum atomic E-state index is -0.409. The zero-order valence-corrected chi connectivity index (χ0v) is 21.0. The van der Waals surface area contributed by atoms with Gasteiger partial charge in [0.2, 0.25) is 0 Å². The number of carbonyl (C=O) groups is 1. The zero-order chi connectivity index (χ0) is 24.9. The first kappa shape index (κ1) is 23.9. The van der Waals surface area contributed by atoms with Crippen molar-refractivity contribution in [2.75, 3.05) is 0 Å². The van der Waals surface area contributed by atoms with Gasteiger partial charge in [-0.2, -0.15) is 0 Å². The maximum absolute atomic E-state index is 13.5. The Morgan fingerprint density at radius 1 is 0.667 bits per heavy atom. The van der Waals surface area contributed by atoms with Gasteiger partial charge in [-0.3, -0.25) is 0 Å². The van der Waals surface area contributed by atoms with Crippen molar-refractivity contribution in [1.29, 1.82) is 0 Å². The van der Waals surface area contributed by atoms with Crippen molar-refractivity contribution in [3.8, 4) is 11.5 Å². The molecule has 0 amide bonds. The molecule has 5 rings (SSSR count). The summed E-state index contributed by atoms with van der Waals surface area (Å²) in [5.74, 6) is 0.719. The van der Waals surface area contributed by atoms with Crippen molar-refractivity contribution in [3.05, 3.63) is 96.6 Å². The Kier molecular flexibility index (Phi) is 7.18. The monoisotopic (exact) mass is 476 g/mol. The van der Waals surface area contributed by atoms with Gasteiger partial charge < -0.3 is 9.47 Å². The van der Waals surface area contributed by atoms with Gasteiger partial charge >= 0.3 is 5.97 Å². The van der Waals surface area contributed by atoms with E-state index in [1.54, 1.807) is 6.07 Å². The molecule has 3 nitrogen and oxygen atoms in total. The summed E-state index contributed by atoms with van der Waals surface area (Å²) in [5.41, 5.74) is 0.444. The summed E-state index contributed by atoms with van der Waals surface area (Å²) < 4.78 is 12.3. The SMILES string of the molecule is CCCCCC[C@@H](C)Oc1ccccc1C(=O)Oc1cccc2c3ccccc3c3ccccc3c12. The van der Waals surface area contributed by atoms with E-state index in [2.05, 4.69) is 50.2 Å². The number of hydrogen-bond donors (Lipinski definition) is 0. The summed E-state index contributed by atoms with van der Waals surface area (Å²) >= 11 is 0. The molecule has 5 aromatic rings. The Bertz CT molecular complexity index is 1470. The Hall–Kier alpha value is -3.85. The number of hydrogen-bond acceptors (Lipinski definition) is 3. The van der Waals surface area contributed by atoms with Crippen molar-refractivity contribution in [2.24, 2.45) is 0 Å². The summed E-state index contributed by atoms with van der Waals surface area (Å²) in [5, 5.41) is 6.56. The molecule has 0 aliphatic rings. The molecule has 1 atom stereocenters. The summed E-state index contributed by atoms with van der Waals surface area (Å²) in [6.07, 6.45) is 5.78. The first-order valence-corrected chi connectivity index (χ1v) is 13.0. The van der Waals surface area contributed by atoms with E-state index in [1.165, 1.54) is 24.6 Å². The van der Waals surface area contributed by atoms with Gasteiger partial charge in [0, 0.05) is 5.39 Å². The molecule has 182 valence electrons. The van der Waals surface area contributed by atoms with Gasteiger partial charge in [-0.05, 0) is 64.9 Å². The largest absolute Gasteiger partial charge is 0.490 e. The molecule has 0 radical (unpaired) electrons. The molecule has 36 heavy (non-hydrogen) atoms. The minimum Gasteiger partial charge on any atom is -0.490 e. The van der Waals surface area contributed by atoms with Gasteiger partial charge in [-0.1, -0.05) is 99.0 Å². The lowest BCUT2D eigenvalue weighted by atomic mass is 9.94. The molecule has 0 aliphatic heterocycles. The molecule has 0 saturated carbocycles. The van der Waals surface area contributed by atoms with Crippen LogP contribution in [0.25, 0.3) is 32.3 Å². The van der Waals surface area contributed by atoms with Gasteiger partial charge in [0.25, 0.3) is 0 Å². The predicted octanol–water partition coefficient (Wildman–Crippen LogP) is 9.10. The number of unbranched alkanes of at least 4 members (excludes halogenated alkanes) is 3. The molecule has 0 spiro atoms. The van der Waals surface area contributed by atoms with E-state index >= 15 is 0 Å². The average Bonchev–Trinajstić information content (AvgIpc) is 2.91. The van der Waals surface area contributed by atoms with Crippen LogP contribution in [0.1, 0.15) is 56.3 Å². The lowest BCUT2D eigenvalue weighted by Gasteiger charge is -2.18. The molecular formula is C33H32O3. The third kappa shape index (κ3) is 4.79. The van der Waals surface area contributed by atoms with E-state index in [0.717, 1.165) is 39.8 Å². The lowest BCUT2D eigenvalue weighted by molar-refractivity contribution is 0.0729. The standard InChI is InChI=1S/C33H32O3/c1-3-4-5-6-14-23(2)35-30-21-12-11-19-29(30)33(34)36-31-22-13-20-28-26-16-8-7-15-24(26)25-17-9-10-18-27(25)32(28)31/h7-13,15-23H,3-6,14H2,1-2H3/t23-/m1/s1. The van der Waals surface area contributed by atoms with Crippen molar-refractivity contribution in [2.45, 2.75) is 52.1 Å². The van der Waals surface area contributed by atoms with Crippen LogP contribution in [0.2, 0.25) is 0 Å². The molecule has 0 bridgehead atoms. The molecule has 5 aromatic carbocycles. The van der Waals surface area contributed by atoms with Gasteiger partial charge in [-0.15, -0.1) is 0 Å². The summed E-state index contributed by atoms with van der Waals surface area (Å²) in [7, 11) is 0. The molecular weight excluding hydrogens is 444 g/mol. The molecule has 0 heterocycles. The predicted molar refractivity (Wildman–Crippen MR) is 149 cm³/mol. The van der Waals surface area contributed by atoms with E-state index in [4.69, 9.17) is 9.47 Å². The number of fused-ring (bicyclic) bond motifs is 6. The van der Waals surface area contributed by atoms with E-state index in [-0.39, 0.29) is 6.10 Å². The number of esters is 1. The highest BCUT2D eigenvalue weighted by Crippen LogP contribution is 2.39. The number of rotatable bonds is 9. The van der Waals surface area contributed by atoms with Crippen LogP contribution in [0.15, 0.2) is 91.0 Å². The molecule has 3 heteroatoms. The van der Waals surface area contributed by atoms with Crippen LogP contribution in [-0.4, -0.2) is 12.1 Å². The van der Waals surface area contributed by atoms with Crippen molar-refractivity contribution < 1.29 is 14.3 Å². The van der Waals surface area contributed by atoms with Crippen molar-refractivity contribution in [3.63, 3.8) is 0 Å². The zero-order valence-electron chi connectivity index (χ0n) is 21.0. The van der Waals surface area contributed by atoms with Crippen molar-refractivity contribution in [1.82, 2.24) is 0 Å². The van der Waals surface area contributed by atoms with Gasteiger partial charge in [0.1, 0.15) is 17.1 Å². The van der Waals surface area contributed by atoms with Crippen LogP contribution in [-0.2, 0) is 0 Å². The highest BCUT2D eigenvalue weighted by molar-refractivity contribution is 6.27. The molecule has 0 aliphatic carbocycles. The third-order valence-electron chi connectivity index (χ3n) is 6.83. The normalized spacial score (nSPS) is 12.2. The number of benzene rings is 5. The van der Waals surface area contributed by atoms with Gasteiger partial charge in [0.05, 0.1) is 6.10 Å². The summed E-state index contributed by atoms with van der Waals surface area (Å²) in [6, 6.07) is 30.0. The van der Waals surface area contributed by atoms with Crippen LogP contribution < -0.4 is 9.47 Å². The van der Waals surface area contributed by atoms with E-state index in [9.17, 15) is 4.79 Å². The maximum Gasteiger partial charge on any atom is 0.347 e. The average molecular weight is 477 g/mol. The number of ether oxygens (including phenoxy) is 2. The highest BCUT2D eigenvalue weighted by Gasteiger charge is 2.19. The Labute approximate surface area is 212 Å². The third-order valence-corrected chi connectivity index (χ3v) is 6.83. The Balaban J connectivity index is 1.49. The van der Waals surface area contributed by atoms with Crippen LogP contribution in [0.3, 0.4) is 0 Å². The highest BCUT2D eigenvalue weighted by atomic mass is 16.5. The maximum atomic E-state index is 13.5. The van der Waals surface area contributed by atoms with Crippen molar-refractivity contribution >= 4 is 38.3 Å². The first-order valence-electron chi connectivity index (χ1n) is 13.0. The van der Waals surface area contributed by atoms with E-state index < -0.39 is 5.97 Å². The number of carbonyl (C=O) groups excluding carboxylic acids is 1. The quantitative estimate of drug-likeness (QED) is 0.0921. The molecule has 0 unspecified atom stereocenters. The second kappa shape index (κ2) is 10.8. The fourth-order valence-electron chi connectivity index (χ4n) is 5.03. The summed E-state index contributed by atoms with van der Waals surface area (Å²) in [4.78, 5) is 13.5. The van der Waals surface area contributed by atoms with Gasteiger partial charge in [0.15, 0.2) is 0 Å². The smallest absolute Gasteiger partial charge is 0.347 e. The second-order valence-corrected chi connectivity index (χ2v) is 9.43. The van der Waals surface area contributed by atoms with Crippen LogP contribution in [0.5, 0.6) is 11.5 Å². The van der Waals surface area contributed by atoms with E-state index in [1.807, 2.05) is 48.5 Å². The Morgan fingerprint density at radius 2 is 1.22 bits per heavy atom. The topological polar surface area (TPSA) is 35.5 Å². The van der Waals surface area contributed by atoms with Crippen LogP contribution in [0, 0.1) is 0 Å². The molecule has 0 N–H and O–H groups in total. The fraction of sp³-hybridized carbons (Fsp3) is 0.242. The van der Waals surface area contributed by atoms with Crippen LogP contribution >= 0.6 is 0 Å². The molecule has 0 fully saturated rings. The lowest BCUT2D eigenvalue weighted by Crippen LogP contribution is -2.16. The van der Waals surface area contributed by atoms with Gasteiger partial charge in [-0.25, -0.2) is 4.79 Å².